The Balaban J connectivity index is 1.57. The number of carbonyl (C=O) groups excluding carboxylic acids is 5. The number of primary amides is 2. The number of esters is 2. The summed E-state index contributed by atoms with van der Waals surface area (Å²) in [4.78, 5) is 77.7. The van der Waals surface area contributed by atoms with E-state index >= 15 is 0 Å². The fraction of sp³-hybridized carbons (Fsp3) is 0.295. The fourth-order valence-electron chi connectivity index (χ4n) is 7.63. The Bertz CT molecular complexity index is 2780. The quantitative estimate of drug-likeness (QED) is 0.157. The Kier molecular flexibility index (Phi) is 11.2. The molecular weight excluding hydrogens is 787 g/mol. The van der Waals surface area contributed by atoms with E-state index in [2.05, 4.69) is 0 Å². The van der Waals surface area contributed by atoms with Crippen LogP contribution in [0.3, 0.4) is 0 Å². The third-order valence-corrected chi connectivity index (χ3v) is 10.4. The Morgan fingerprint density at radius 2 is 1.11 bits per heavy atom. The Morgan fingerprint density at radius 1 is 0.607 bits per heavy atom. The molecule has 8 rings (SSSR count). The molecule has 0 saturated carbocycles. The van der Waals surface area contributed by atoms with Crippen LogP contribution in [0.4, 0.5) is 4.79 Å². The molecule has 2 aliphatic heterocycles. The molecule has 3 amide bonds. The number of imidazole rings is 2. The van der Waals surface area contributed by atoms with E-state index in [4.69, 9.17) is 45.1 Å². The first kappa shape index (κ1) is 41.7. The van der Waals surface area contributed by atoms with Crippen molar-refractivity contribution in [2.24, 2.45) is 11.5 Å². The minimum Gasteiger partial charge on any atom is -0.494 e. The number of hydrogen-bond donors (Lipinski definition) is 2. The maximum atomic E-state index is 13.8. The Morgan fingerprint density at radius 3 is 1.62 bits per heavy atom. The number of methoxy groups -OCH3 is 4. The molecule has 17 heteroatoms. The van der Waals surface area contributed by atoms with Gasteiger partial charge in [0, 0.05) is 37.3 Å². The maximum Gasteiger partial charge on any atom is 0.410 e. The summed E-state index contributed by atoms with van der Waals surface area (Å²) >= 11 is 0. The van der Waals surface area contributed by atoms with Gasteiger partial charge < -0.3 is 49.2 Å². The molecule has 2 aliphatic rings. The SMILES string of the molecule is COC(=O)c1cc2ccc1-c1nc3c(OC)c(C(N)=O)ccc3n1CCn1c(nc3c(OC)c(C(N)=O)ccc31)-c1cc(ccc1C(=O)OC)CCN(C(=O)OC(C)(C)C)C2. The van der Waals surface area contributed by atoms with Crippen molar-refractivity contribution in [2.45, 2.75) is 52.4 Å². The molecule has 0 spiro atoms. The van der Waals surface area contributed by atoms with E-state index in [0.29, 0.717) is 56.8 Å². The van der Waals surface area contributed by atoms with Gasteiger partial charge in [0.1, 0.15) is 28.3 Å². The number of aromatic nitrogens is 4. The van der Waals surface area contributed by atoms with Gasteiger partial charge in [-0.25, -0.2) is 24.4 Å². The lowest BCUT2D eigenvalue weighted by Crippen LogP contribution is -2.37. The van der Waals surface area contributed by atoms with E-state index < -0.39 is 35.4 Å². The van der Waals surface area contributed by atoms with Crippen LogP contribution in [0, 0.1) is 0 Å². The molecule has 0 aliphatic carbocycles. The summed E-state index contributed by atoms with van der Waals surface area (Å²) < 4.78 is 31.5. The first-order valence-corrected chi connectivity index (χ1v) is 19.2. The molecule has 17 nitrogen and oxygen atoms in total. The zero-order chi connectivity index (χ0) is 43.9. The average Bonchev–Trinajstić information content (AvgIpc) is 3.79. The lowest BCUT2D eigenvalue weighted by atomic mass is 10.0. The molecule has 0 saturated heterocycles. The van der Waals surface area contributed by atoms with Gasteiger partial charge in [-0.1, -0.05) is 18.2 Å². The number of hydrogen-bond acceptors (Lipinski definition) is 12. The van der Waals surface area contributed by atoms with Crippen LogP contribution in [0.15, 0.2) is 60.7 Å². The predicted molar refractivity (Wildman–Crippen MR) is 224 cm³/mol. The summed E-state index contributed by atoms with van der Waals surface area (Å²) in [5.41, 5.74) is 15.1. The van der Waals surface area contributed by atoms with Gasteiger partial charge in [0.25, 0.3) is 11.8 Å². The highest BCUT2D eigenvalue weighted by molar-refractivity contribution is 6.04. The van der Waals surface area contributed by atoms with Gasteiger partial charge in [-0.3, -0.25) is 9.59 Å². The average molecular weight is 832 g/mol. The summed E-state index contributed by atoms with van der Waals surface area (Å²) in [7, 11) is 5.36. The molecule has 4 bridgehead atoms. The number of carbonyl (C=O) groups is 5. The van der Waals surface area contributed by atoms with Crippen LogP contribution in [0.25, 0.3) is 44.8 Å². The van der Waals surface area contributed by atoms with E-state index in [-0.39, 0.29) is 59.9 Å². The summed E-state index contributed by atoms with van der Waals surface area (Å²) in [5, 5.41) is 0. The molecule has 0 atom stereocenters. The summed E-state index contributed by atoms with van der Waals surface area (Å²) in [5.74, 6) is -1.83. The fourth-order valence-corrected chi connectivity index (χ4v) is 7.63. The molecule has 6 aromatic rings. The molecule has 4 aromatic carbocycles. The van der Waals surface area contributed by atoms with Gasteiger partial charge in [0.2, 0.25) is 0 Å². The maximum absolute atomic E-state index is 13.8. The van der Waals surface area contributed by atoms with E-state index in [1.165, 1.54) is 33.3 Å². The molecule has 0 radical (unpaired) electrons. The van der Waals surface area contributed by atoms with Crippen molar-refractivity contribution in [3.63, 3.8) is 0 Å². The summed E-state index contributed by atoms with van der Waals surface area (Å²) in [6.45, 7) is 5.85. The second-order valence-corrected chi connectivity index (χ2v) is 15.3. The van der Waals surface area contributed by atoms with E-state index in [1.54, 1.807) is 75.4 Å². The zero-order valence-electron chi connectivity index (χ0n) is 34.8. The monoisotopic (exact) mass is 831 g/mol. The van der Waals surface area contributed by atoms with Crippen molar-refractivity contribution in [1.29, 1.82) is 0 Å². The number of nitrogens with two attached hydrogens (primary N) is 2. The topological polar surface area (TPSA) is 222 Å². The van der Waals surface area contributed by atoms with Crippen molar-refractivity contribution in [1.82, 2.24) is 24.0 Å². The lowest BCUT2D eigenvalue weighted by molar-refractivity contribution is 0.0235. The normalized spacial score (nSPS) is 12.9. The van der Waals surface area contributed by atoms with Gasteiger partial charge in [-0.05, 0) is 80.8 Å². The predicted octanol–water partition coefficient (Wildman–Crippen LogP) is 5.50. The summed E-state index contributed by atoms with van der Waals surface area (Å²) in [6.07, 6.45) is -0.264. The van der Waals surface area contributed by atoms with E-state index in [1.807, 2.05) is 15.2 Å². The first-order valence-electron chi connectivity index (χ1n) is 19.2. The summed E-state index contributed by atoms with van der Waals surface area (Å²) in [6, 6.07) is 16.9. The molecule has 2 aromatic heterocycles. The minimum absolute atomic E-state index is 0.0519. The number of fused-ring (bicyclic) bond motifs is 8. The van der Waals surface area contributed by atoms with Crippen LogP contribution < -0.4 is 20.9 Å². The molecule has 4 heterocycles. The zero-order valence-corrected chi connectivity index (χ0v) is 34.8. The number of nitrogens with zero attached hydrogens (tertiary/aromatic N) is 5. The smallest absolute Gasteiger partial charge is 0.410 e. The van der Waals surface area contributed by atoms with Gasteiger partial charge >= 0.3 is 18.0 Å². The molecular formula is C44H45N7O10. The highest BCUT2D eigenvalue weighted by Gasteiger charge is 2.29. The van der Waals surface area contributed by atoms with Crippen LogP contribution >= 0.6 is 0 Å². The second-order valence-electron chi connectivity index (χ2n) is 15.3. The number of aryl methyl sites for hydroxylation is 2. The first-order chi connectivity index (χ1) is 29.1. The van der Waals surface area contributed by atoms with Crippen LogP contribution in [0.5, 0.6) is 11.5 Å². The van der Waals surface area contributed by atoms with Crippen molar-refractivity contribution in [3.8, 4) is 34.3 Å². The van der Waals surface area contributed by atoms with Gasteiger partial charge in [0.15, 0.2) is 11.5 Å². The lowest BCUT2D eigenvalue weighted by Gasteiger charge is -2.28. The van der Waals surface area contributed by atoms with Crippen molar-refractivity contribution in [3.05, 3.63) is 94.0 Å². The number of rotatable bonds is 6. The van der Waals surface area contributed by atoms with Gasteiger partial charge in [-0.15, -0.1) is 0 Å². The standard InChI is InChI=1S/C44H45N7O10/c1-44(2,3)61-43(56)49-17-16-23-8-11-26(41(54)59-6)29(20-23)40-48-34-32(15-13-28(38(46)53)36(34)58-5)51(40)19-18-50-31-14-12-27(37(45)52)35(57-4)33(31)47-39(50)25-10-9-24(22-49)21-30(25)42(55)60-7/h8-15,20-21H,16-19,22H2,1-7H3,(H2,45,52)(H2,46,53). The second kappa shape index (κ2) is 16.3. The van der Waals surface area contributed by atoms with Crippen LogP contribution in [-0.4, -0.2) is 94.4 Å². The highest BCUT2D eigenvalue weighted by Crippen LogP contribution is 2.38. The largest absolute Gasteiger partial charge is 0.494 e. The van der Waals surface area contributed by atoms with Crippen molar-refractivity contribution < 1.29 is 47.7 Å². The molecule has 61 heavy (non-hydrogen) atoms. The number of ether oxygens (including phenoxy) is 5. The minimum atomic E-state index is -0.815. The number of amides is 3. The third kappa shape index (κ3) is 7.77. The number of benzene rings is 4. The van der Waals surface area contributed by atoms with E-state index in [9.17, 15) is 24.0 Å². The third-order valence-electron chi connectivity index (χ3n) is 10.4. The van der Waals surface area contributed by atoms with Crippen LogP contribution in [0.2, 0.25) is 0 Å². The highest BCUT2D eigenvalue weighted by atomic mass is 16.6. The molecule has 4 N–H and O–H groups in total. The Hall–Kier alpha value is -7.43. The van der Waals surface area contributed by atoms with Crippen LogP contribution in [-0.2, 0) is 40.3 Å². The molecule has 0 unspecified atom stereocenters. The Labute approximate surface area is 350 Å². The van der Waals surface area contributed by atoms with Crippen molar-refractivity contribution in [2.75, 3.05) is 35.0 Å². The molecule has 0 fully saturated rings. The van der Waals surface area contributed by atoms with E-state index in [0.717, 1.165) is 5.56 Å². The van der Waals surface area contributed by atoms with Gasteiger partial charge in [0.05, 0.1) is 61.7 Å². The van der Waals surface area contributed by atoms with Crippen molar-refractivity contribution >= 4 is 51.9 Å². The van der Waals surface area contributed by atoms with Gasteiger partial charge in [-0.2, -0.15) is 0 Å². The molecule has 316 valence electrons. The van der Waals surface area contributed by atoms with Crippen LogP contribution in [0.1, 0.15) is 73.3 Å².